The summed E-state index contributed by atoms with van der Waals surface area (Å²) in [5.74, 6) is 0.212. The topological polar surface area (TPSA) is 29.1 Å². The molecule has 0 radical (unpaired) electrons. The third-order valence-corrected chi connectivity index (χ3v) is 1.45. The molecule has 1 aliphatic heterocycles. The minimum atomic E-state index is 0.212. The molecule has 46 valence electrons. The summed E-state index contributed by atoms with van der Waals surface area (Å²) in [4.78, 5) is 10.6. The standard InChI is InChI=1S/C6H11NO/c1-5-3-2-4-6(8)7-5/h5H,2-4H2,1H3,(H,7,8)/t5-/m1/s1. The highest BCUT2D eigenvalue weighted by Crippen LogP contribution is 2.05. The molecule has 0 spiro atoms. The summed E-state index contributed by atoms with van der Waals surface area (Å²) in [5, 5.41) is 2.84. The molecule has 2 heteroatoms. The van der Waals surface area contributed by atoms with Gasteiger partial charge in [-0.25, -0.2) is 0 Å². The molecule has 0 aromatic heterocycles. The molecule has 0 saturated carbocycles. The van der Waals surface area contributed by atoms with Crippen LogP contribution in [0.15, 0.2) is 0 Å². The molecule has 1 amide bonds. The lowest BCUT2D eigenvalue weighted by molar-refractivity contribution is -0.123. The van der Waals surface area contributed by atoms with Crippen LogP contribution in [0.25, 0.3) is 0 Å². The second kappa shape index (κ2) is 2.16. The van der Waals surface area contributed by atoms with Gasteiger partial charge in [-0.05, 0) is 19.8 Å². The molecule has 8 heavy (non-hydrogen) atoms. The Morgan fingerprint density at radius 3 is 2.88 bits per heavy atom. The second-order valence-corrected chi connectivity index (χ2v) is 2.36. The number of hydrogen-bond acceptors (Lipinski definition) is 1. The van der Waals surface area contributed by atoms with E-state index in [-0.39, 0.29) is 5.91 Å². The quantitative estimate of drug-likeness (QED) is 0.491. The van der Waals surface area contributed by atoms with Crippen molar-refractivity contribution in [2.45, 2.75) is 32.2 Å². The number of carbonyl (C=O) groups is 1. The van der Waals surface area contributed by atoms with E-state index in [2.05, 4.69) is 5.32 Å². The second-order valence-electron chi connectivity index (χ2n) is 2.36. The van der Waals surface area contributed by atoms with Gasteiger partial charge in [0.1, 0.15) is 0 Å². The van der Waals surface area contributed by atoms with Crippen molar-refractivity contribution in [3.63, 3.8) is 0 Å². The van der Waals surface area contributed by atoms with Crippen LogP contribution in [0.3, 0.4) is 0 Å². The fourth-order valence-corrected chi connectivity index (χ4v) is 0.988. The summed E-state index contributed by atoms with van der Waals surface area (Å²) in [7, 11) is 0. The van der Waals surface area contributed by atoms with Crippen LogP contribution in [0.4, 0.5) is 0 Å². The van der Waals surface area contributed by atoms with Crippen molar-refractivity contribution in [2.24, 2.45) is 0 Å². The summed E-state index contributed by atoms with van der Waals surface area (Å²) in [6.07, 6.45) is 2.93. The maximum Gasteiger partial charge on any atom is 0.220 e. The van der Waals surface area contributed by atoms with E-state index in [1.54, 1.807) is 0 Å². The van der Waals surface area contributed by atoms with Gasteiger partial charge in [0.15, 0.2) is 0 Å². The summed E-state index contributed by atoms with van der Waals surface area (Å²) in [6.45, 7) is 2.04. The fraction of sp³-hybridized carbons (Fsp3) is 0.833. The van der Waals surface area contributed by atoms with E-state index in [0.29, 0.717) is 6.04 Å². The molecule has 1 heterocycles. The Hall–Kier alpha value is -0.530. The van der Waals surface area contributed by atoms with Gasteiger partial charge >= 0.3 is 0 Å². The first-order valence-electron chi connectivity index (χ1n) is 3.08. The zero-order valence-electron chi connectivity index (χ0n) is 5.11. The number of amides is 1. The van der Waals surface area contributed by atoms with Crippen molar-refractivity contribution in [3.8, 4) is 0 Å². The minimum Gasteiger partial charge on any atom is -0.354 e. The number of nitrogens with one attached hydrogen (secondary N) is 1. The van der Waals surface area contributed by atoms with E-state index in [0.717, 1.165) is 19.3 Å². The van der Waals surface area contributed by atoms with Gasteiger partial charge in [-0.3, -0.25) is 4.79 Å². The Kier molecular flexibility index (Phi) is 1.51. The Morgan fingerprint density at radius 2 is 2.50 bits per heavy atom. The zero-order valence-corrected chi connectivity index (χ0v) is 5.11. The van der Waals surface area contributed by atoms with Gasteiger partial charge in [-0.1, -0.05) is 0 Å². The first-order chi connectivity index (χ1) is 3.79. The highest BCUT2D eigenvalue weighted by Gasteiger charge is 2.12. The Labute approximate surface area is 49.3 Å². The molecule has 0 aromatic rings. The summed E-state index contributed by atoms with van der Waals surface area (Å²) >= 11 is 0. The third kappa shape index (κ3) is 1.22. The summed E-state index contributed by atoms with van der Waals surface area (Å²) < 4.78 is 0. The number of rotatable bonds is 0. The highest BCUT2D eigenvalue weighted by atomic mass is 16.1. The van der Waals surface area contributed by atoms with Crippen LogP contribution >= 0.6 is 0 Å². The van der Waals surface area contributed by atoms with E-state index in [1.165, 1.54) is 0 Å². The maximum absolute atomic E-state index is 10.6. The molecule has 2 nitrogen and oxygen atoms in total. The largest absolute Gasteiger partial charge is 0.354 e. The van der Waals surface area contributed by atoms with Crippen molar-refractivity contribution >= 4 is 5.91 Å². The van der Waals surface area contributed by atoms with Crippen molar-refractivity contribution in [1.82, 2.24) is 5.32 Å². The number of piperidine rings is 1. The highest BCUT2D eigenvalue weighted by molar-refractivity contribution is 5.76. The van der Waals surface area contributed by atoms with Gasteiger partial charge in [0.05, 0.1) is 0 Å². The Bertz CT molecular complexity index is 101. The molecule has 1 rings (SSSR count). The average Bonchev–Trinajstić information content (AvgIpc) is 1.64. The zero-order chi connectivity index (χ0) is 5.98. The van der Waals surface area contributed by atoms with Gasteiger partial charge in [-0.15, -0.1) is 0 Å². The molecule has 0 bridgehead atoms. The molecular formula is C6H11NO. The monoisotopic (exact) mass is 113 g/mol. The van der Waals surface area contributed by atoms with Gasteiger partial charge in [0.25, 0.3) is 0 Å². The molecule has 0 unspecified atom stereocenters. The Balaban J connectivity index is 2.34. The average molecular weight is 113 g/mol. The SMILES string of the molecule is C[C@@H]1CCCC(=O)N1. The van der Waals surface area contributed by atoms with Crippen LogP contribution in [0, 0.1) is 0 Å². The third-order valence-electron chi connectivity index (χ3n) is 1.45. The predicted octanol–water partition coefficient (Wildman–Crippen LogP) is 0.675. The first-order valence-corrected chi connectivity index (χ1v) is 3.08. The van der Waals surface area contributed by atoms with E-state index < -0.39 is 0 Å². The molecule has 1 N–H and O–H groups in total. The Morgan fingerprint density at radius 1 is 1.75 bits per heavy atom. The number of hydrogen-bond donors (Lipinski definition) is 1. The normalized spacial score (nSPS) is 29.6. The summed E-state index contributed by atoms with van der Waals surface area (Å²) in [6, 6.07) is 0.413. The molecule has 1 atom stereocenters. The van der Waals surface area contributed by atoms with Crippen LogP contribution in [0.2, 0.25) is 0 Å². The van der Waals surface area contributed by atoms with Crippen LogP contribution in [0.5, 0.6) is 0 Å². The van der Waals surface area contributed by atoms with E-state index in [1.807, 2.05) is 6.92 Å². The van der Waals surface area contributed by atoms with Crippen molar-refractivity contribution in [1.29, 1.82) is 0 Å². The molecule has 0 aromatic carbocycles. The lowest BCUT2D eigenvalue weighted by atomic mass is 10.1. The van der Waals surface area contributed by atoms with Crippen molar-refractivity contribution in [3.05, 3.63) is 0 Å². The first kappa shape index (κ1) is 5.60. The van der Waals surface area contributed by atoms with E-state index >= 15 is 0 Å². The van der Waals surface area contributed by atoms with Crippen LogP contribution in [0.1, 0.15) is 26.2 Å². The molecular weight excluding hydrogens is 102 g/mol. The summed E-state index contributed by atoms with van der Waals surface area (Å²) in [5.41, 5.74) is 0. The van der Waals surface area contributed by atoms with Crippen molar-refractivity contribution in [2.75, 3.05) is 0 Å². The van der Waals surface area contributed by atoms with E-state index in [9.17, 15) is 4.79 Å². The molecule has 0 aliphatic carbocycles. The maximum atomic E-state index is 10.6. The lowest BCUT2D eigenvalue weighted by Crippen LogP contribution is -2.36. The lowest BCUT2D eigenvalue weighted by Gasteiger charge is -2.18. The minimum absolute atomic E-state index is 0.212. The van der Waals surface area contributed by atoms with Crippen LogP contribution in [-0.2, 0) is 4.79 Å². The van der Waals surface area contributed by atoms with E-state index in [4.69, 9.17) is 0 Å². The fourth-order valence-electron chi connectivity index (χ4n) is 0.988. The van der Waals surface area contributed by atoms with Gasteiger partial charge < -0.3 is 5.32 Å². The van der Waals surface area contributed by atoms with Gasteiger partial charge in [0.2, 0.25) is 5.91 Å². The van der Waals surface area contributed by atoms with Crippen LogP contribution in [-0.4, -0.2) is 11.9 Å². The van der Waals surface area contributed by atoms with Gasteiger partial charge in [0, 0.05) is 12.5 Å². The smallest absolute Gasteiger partial charge is 0.220 e. The van der Waals surface area contributed by atoms with Gasteiger partial charge in [-0.2, -0.15) is 0 Å². The molecule has 1 saturated heterocycles. The predicted molar refractivity (Wildman–Crippen MR) is 31.5 cm³/mol. The molecule has 1 aliphatic rings. The van der Waals surface area contributed by atoms with Crippen LogP contribution < -0.4 is 5.32 Å². The molecule has 1 fully saturated rings. The number of carbonyl (C=O) groups excluding carboxylic acids is 1. The van der Waals surface area contributed by atoms with Crippen molar-refractivity contribution < 1.29 is 4.79 Å².